The van der Waals surface area contributed by atoms with Crippen LogP contribution < -0.4 is 5.46 Å². The van der Waals surface area contributed by atoms with E-state index in [1.54, 1.807) is 6.92 Å². The summed E-state index contributed by atoms with van der Waals surface area (Å²) in [6, 6.07) is 2.13. The lowest BCUT2D eigenvalue weighted by atomic mass is 9.77. The predicted molar refractivity (Wildman–Crippen MR) is 60.5 cm³/mol. The summed E-state index contributed by atoms with van der Waals surface area (Å²) in [6.45, 7) is -3.30. The van der Waals surface area contributed by atoms with Crippen LogP contribution in [-0.2, 0) is 5.75 Å². The molecule has 0 nitrogen and oxygen atoms in total. The Morgan fingerprint density at radius 2 is 2.00 bits per heavy atom. The predicted octanol–water partition coefficient (Wildman–Crippen LogP) is 2.46. The summed E-state index contributed by atoms with van der Waals surface area (Å²) < 4.78 is 37.6. The van der Waals surface area contributed by atoms with Crippen molar-refractivity contribution in [1.82, 2.24) is 0 Å². The minimum Gasteiger partial charge on any atom is -0.445 e. The fourth-order valence-corrected chi connectivity index (χ4v) is 1.63. The van der Waals surface area contributed by atoms with Crippen molar-refractivity contribution in [3.8, 4) is 12.3 Å². The molecule has 0 unspecified atom stereocenters. The van der Waals surface area contributed by atoms with E-state index < -0.39 is 12.4 Å². The number of halogens is 3. The van der Waals surface area contributed by atoms with Gasteiger partial charge >= 0.3 is 6.98 Å². The Labute approximate surface area is 92.3 Å². The normalized spacial score (nSPS) is 11.2. The molecule has 0 aliphatic rings. The Morgan fingerprint density at radius 1 is 1.40 bits per heavy atom. The maximum atomic E-state index is 12.5. The molecule has 5 heteroatoms. The summed E-state index contributed by atoms with van der Waals surface area (Å²) in [7, 11) is 0. The van der Waals surface area contributed by atoms with Crippen LogP contribution in [0.15, 0.2) is 12.1 Å². The van der Waals surface area contributed by atoms with Gasteiger partial charge in [-0.15, -0.1) is 11.9 Å². The molecule has 1 aromatic rings. The highest BCUT2D eigenvalue weighted by molar-refractivity contribution is 7.79. The summed E-state index contributed by atoms with van der Waals surface area (Å²) >= 11 is 3.98. The van der Waals surface area contributed by atoms with Gasteiger partial charge in [-0.25, -0.2) is 0 Å². The van der Waals surface area contributed by atoms with Gasteiger partial charge in [0.2, 0.25) is 0 Å². The fourth-order valence-electron chi connectivity index (χ4n) is 1.30. The topological polar surface area (TPSA) is 0 Å². The fraction of sp³-hybridized carbons (Fsp3) is 0.200. The summed E-state index contributed by atoms with van der Waals surface area (Å²) in [5, 5.41) is 0. The van der Waals surface area contributed by atoms with E-state index in [-0.39, 0.29) is 11.3 Å². The second-order valence-electron chi connectivity index (χ2n) is 3.23. The van der Waals surface area contributed by atoms with Gasteiger partial charge in [-0.1, -0.05) is 18.1 Å². The van der Waals surface area contributed by atoms with Crippen molar-refractivity contribution < 1.29 is 12.9 Å². The highest BCUT2D eigenvalue weighted by Crippen LogP contribution is 2.18. The largest absolute Gasteiger partial charge is 0.509 e. The molecule has 0 aliphatic heterocycles. The molecule has 0 atom stereocenters. The van der Waals surface area contributed by atoms with Crippen molar-refractivity contribution in [2.45, 2.75) is 12.7 Å². The second kappa shape index (κ2) is 4.24. The van der Waals surface area contributed by atoms with E-state index >= 15 is 0 Å². The molecule has 0 fully saturated rings. The summed E-state index contributed by atoms with van der Waals surface area (Å²) in [5.41, 5.74) is 0.854. The van der Waals surface area contributed by atoms with Gasteiger partial charge in [0.15, 0.2) is 0 Å². The third-order valence-electron chi connectivity index (χ3n) is 2.24. The van der Waals surface area contributed by atoms with Crippen molar-refractivity contribution in [3.63, 3.8) is 0 Å². The number of terminal acetylenes is 1. The first-order valence-corrected chi connectivity index (χ1v) is 4.94. The maximum absolute atomic E-state index is 12.5. The van der Waals surface area contributed by atoms with Gasteiger partial charge in [0.05, 0.1) is 0 Å². The van der Waals surface area contributed by atoms with E-state index in [1.165, 1.54) is 0 Å². The molecule has 0 radical (unpaired) electrons. The van der Waals surface area contributed by atoms with Gasteiger partial charge < -0.3 is 12.9 Å². The molecule has 0 N–H and O–H groups in total. The first-order valence-electron chi connectivity index (χ1n) is 4.31. The Morgan fingerprint density at radius 3 is 2.40 bits per heavy atom. The molecule has 0 aromatic heterocycles. The Hall–Kier alpha value is -1.02. The molecule has 0 spiro atoms. The van der Waals surface area contributed by atoms with Crippen molar-refractivity contribution in [2.24, 2.45) is 0 Å². The average Bonchev–Trinajstić information content (AvgIpc) is 2.16. The molecule has 0 saturated heterocycles. The number of rotatable bonds is 2. The van der Waals surface area contributed by atoms with Crippen LogP contribution in [0.1, 0.15) is 16.7 Å². The van der Waals surface area contributed by atoms with Gasteiger partial charge in [0, 0.05) is 11.3 Å². The van der Waals surface area contributed by atoms with Gasteiger partial charge in [-0.05, 0) is 18.1 Å². The average molecular weight is 229 g/mol. The molecule has 1 aromatic carbocycles. The van der Waals surface area contributed by atoms with Crippen molar-refractivity contribution in [1.29, 1.82) is 0 Å². The standard InChI is InChI=1S/C10H9BF3S/c1-3-8-4-10(11(12,13)14)5-9(6-15)7(8)2/h1,4-5,15H,6H2,2H3/q-1. The molecular formula is C10H9BF3S-. The minimum absolute atomic E-state index is 0.251. The smallest absolute Gasteiger partial charge is 0.445 e. The van der Waals surface area contributed by atoms with E-state index in [4.69, 9.17) is 6.42 Å². The zero-order valence-electron chi connectivity index (χ0n) is 8.10. The van der Waals surface area contributed by atoms with Crippen molar-refractivity contribution in [3.05, 3.63) is 28.8 Å². The lowest BCUT2D eigenvalue weighted by Gasteiger charge is -2.18. The number of thiol groups is 1. The van der Waals surface area contributed by atoms with Crippen LogP contribution in [0.25, 0.3) is 0 Å². The van der Waals surface area contributed by atoms with E-state index in [9.17, 15) is 12.9 Å². The third-order valence-corrected chi connectivity index (χ3v) is 2.58. The van der Waals surface area contributed by atoms with Crippen LogP contribution in [0.5, 0.6) is 0 Å². The van der Waals surface area contributed by atoms with Gasteiger partial charge in [-0.3, -0.25) is 0 Å². The molecule has 0 aliphatic carbocycles. The quantitative estimate of drug-likeness (QED) is 0.449. The van der Waals surface area contributed by atoms with E-state index in [0.717, 1.165) is 12.1 Å². The zero-order valence-corrected chi connectivity index (χ0v) is 8.99. The molecule has 0 heterocycles. The van der Waals surface area contributed by atoms with Crippen LogP contribution in [0.2, 0.25) is 0 Å². The highest BCUT2D eigenvalue weighted by Gasteiger charge is 2.26. The first-order chi connectivity index (χ1) is 6.90. The highest BCUT2D eigenvalue weighted by atomic mass is 32.1. The van der Waals surface area contributed by atoms with Crippen LogP contribution in [0, 0.1) is 19.3 Å². The van der Waals surface area contributed by atoms with E-state index in [1.807, 2.05) is 0 Å². The monoisotopic (exact) mass is 229 g/mol. The molecule has 15 heavy (non-hydrogen) atoms. The summed E-state index contributed by atoms with van der Waals surface area (Å²) in [4.78, 5) is 0. The number of hydrogen-bond donors (Lipinski definition) is 1. The summed E-state index contributed by atoms with van der Waals surface area (Å²) in [6.07, 6.45) is 5.15. The van der Waals surface area contributed by atoms with Gasteiger partial charge in [-0.2, -0.15) is 12.6 Å². The lowest BCUT2D eigenvalue weighted by molar-refractivity contribution is 0.501. The Kier molecular flexibility index (Phi) is 3.40. The molecule has 0 amide bonds. The van der Waals surface area contributed by atoms with E-state index in [0.29, 0.717) is 11.1 Å². The molecule has 0 bridgehead atoms. The van der Waals surface area contributed by atoms with Gasteiger partial charge in [0.25, 0.3) is 0 Å². The van der Waals surface area contributed by atoms with Crippen LogP contribution in [-0.4, -0.2) is 6.98 Å². The number of benzene rings is 1. The molecule has 1 rings (SSSR count). The van der Waals surface area contributed by atoms with Gasteiger partial charge in [0.1, 0.15) is 0 Å². The van der Waals surface area contributed by atoms with Crippen LogP contribution in [0.4, 0.5) is 12.9 Å². The van der Waals surface area contributed by atoms with Crippen molar-refractivity contribution in [2.75, 3.05) is 0 Å². The lowest BCUT2D eigenvalue weighted by Crippen LogP contribution is -2.34. The summed E-state index contributed by atoms with van der Waals surface area (Å²) in [5.74, 6) is 2.51. The van der Waals surface area contributed by atoms with Crippen LogP contribution in [0.3, 0.4) is 0 Å². The van der Waals surface area contributed by atoms with E-state index in [2.05, 4.69) is 18.5 Å². The zero-order chi connectivity index (χ0) is 11.6. The van der Waals surface area contributed by atoms with Crippen LogP contribution >= 0.6 is 12.6 Å². The SMILES string of the molecule is C#Cc1cc([B-](F)(F)F)cc(CS)c1C. The molecule has 0 saturated carbocycles. The third kappa shape index (κ3) is 2.51. The first kappa shape index (κ1) is 12.1. The Balaban J connectivity index is 3.42. The second-order valence-corrected chi connectivity index (χ2v) is 3.55. The minimum atomic E-state index is -5.00. The molecular weight excluding hydrogens is 220 g/mol. The molecule has 80 valence electrons. The number of hydrogen-bond acceptors (Lipinski definition) is 1. The Bertz CT molecular complexity index is 418. The van der Waals surface area contributed by atoms with Crippen molar-refractivity contribution >= 4 is 25.1 Å². The maximum Gasteiger partial charge on any atom is 0.509 e.